The van der Waals surface area contributed by atoms with Crippen molar-refractivity contribution in [1.82, 2.24) is 0 Å². The first-order valence-corrected chi connectivity index (χ1v) is 5.75. The zero-order valence-corrected chi connectivity index (χ0v) is 9.28. The Bertz CT molecular complexity index is 132. The Labute approximate surface area is 87.7 Å². The number of hydrogen-bond acceptors (Lipinski definition) is 2. The Morgan fingerprint density at radius 3 is 2.57 bits per heavy atom. The van der Waals surface area contributed by atoms with Gasteiger partial charge >= 0.3 is 0 Å². The largest absolute Gasteiger partial charge is 0.396 e. The third-order valence-electron chi connectivity index (χ3n) is 2.26. The highest BCUT2D eigenvalue weighted by Crippen LogP contribution is 2.08. The molecule has 0 aromatic carbocycles. The van der Waals surface area contributed by atoms with E-state index in [2.05, 4.69) is 6.92 Å². The summed E-state index contributed by atoms with van der Waals surface area (Å²) in [5.74, 6) is 0. The minimum Gasteiger partial charge on any atom is -0.396 e. The molecule has 0 radical (unpaired) electrons. The fourth-order valence-corrected chi connectivity index (χ4v) is 1.37. The Balaban J connectivity index is 3.23. The van der Waals surface area contributed by atoms with E-state index < -0.39 is 0 Å². The molecule has 0 aromatic heterocycles. The standard InChI is InChI=1S/C12H24O2/c1-2-3-4-6-9-12(14)10-7-5-8-11-13/h5,7,12-14H,2-4,6,8-11H2,1H3/b7-5+. The van der Waals surface area contributed by atoms with Crippen LogP contribution in [0.4, 0.5) is 0 Å². The van der Waals surface area contributed by atoms with Crippen LogP contribution in [0.3, 0.4) is 0 Å². The predicted octanol–water partition coefficient (Wildman–Crippen LogP) is 2.65. The Morgan fingerprint density at radius 1 is 1.14 bits per heavy atom. The summed E-state index contributed by atoms with van der Waals surface area (Å²) >= 11 is 0. The molecule has 0 fully saturated rings. The van der Waals surface area contributed by atoms with Crippen LogP contribution < -0.4 is 0 Å². The summed E-state index contributed by atoms with van der Waals surface area (Å²) in [5.41, 5.74) is 0. The van der Waals surface area contributed by atoms with Crippen molar-refractivity contribution in [2.24, 2.45) is 0 Å². The molecule has 0 aliphatic carbocycles. The molecule has 2 heteroatoms. The van der Waals surface area contributed by atoms with Crippen LogP contribution in [0, 0.1) is 0 Å². The molecular formula is C12H24O2. The van der Waals surface area contributed by atoms with Gasteiger partial charge in [-0.05, 0) is 19.3 Å². The zero-order chi connectivity index (χ0) is 10.6. The first-order chi connectivity index (χ1) is 6.81. The monoisotopic (exact) mass is 200 g/mol. The highest BCUT2D eigenvalue weighted by Gasteiger charge is 2.00. The minimum absolute atomic E-state index is 0.193. The molecule has 2 nitrogen and oxygen atoms in total. The van der Waals surface area contributed by atoms with E-state index in [4.69, 9.17) is 5.11 Å². The van der Waals surface area contributed by atoms with E-state index in [0.29, 0.717) is 6.42 Å². The second kappa shape index (κ2) is 10.7. The lowest BCUT2D eigenvalue weighted by Crippen LogP contribution is -2.04. The molecule has 0 saturated carbocycles. The molecule has 14 heavy (non-hydrogen) atoms. The molecule has 0 aliphatic heterocycles. The summed E-state index contributed by atoms with van der Waals surface area (Å²) in [6, 6.07) is 0. The van der Waals surface area contributed by atoms with Crippen LogP contribution in [0.15, 0.2) is 12.2 Å². The first-order valence-electron chi connectivity index (χ1n) is 5.75. The van der Waals surface area contributed by atoms with Crippen molar-refractivity contribution < 1.29 is 10.2 Å². The number of aliphatic hydroxyl groups is 2. The molecular weight excluding hydrogens is 176 g/mol. The van der Waals surface area contributed by atoms with Gasteiger partial charge in [-0.1, -0.05) is 44.8 Å². The average Bonchev–Trinajstić information content (AvgIpc) is 2.19. The van der Waals surface area contributed by atoms with E-state index in [1.165, 1.54) is 19.3 Å². The molecule has 0 bridgehead atoms. The van der Waals surface area contributed by atoms with Gasteiger partial charge < -0.3 is 10.2 Å². The van der Waals surface area contributed by atoms with Gasteiger partial charge in [-0.25, -0.2) is 0 Å². The Kier molecular flexibility index (Phi) is 10.5. The summed E-state index contributed by atoms with van der Waals surface area (Å²) in [5, 5.41) is 18.1. The van der Waals surface area contributed by atoms with Gasteiger partial charge in [0.25, 0.3) is 0 Å². The van der Waals surface area contributed by atoms with Gasteiger partial charge in [0, 0.05) is 6.61 Å². The summed E-state index contributed by atoms with van der Waals surface area (Å²) in [6.07, 6.45) is 10.9. The lowest BCUT2D eigenvalue weighted by atomic mass is 10.1. The highest BCUT2D eigenvalue weighted by atomic mass is 16.3. The SMILES string of the molecule is CCCCCCC(O)C/C=C/CCO. The van der Waals surface area contributed by atoms with Crippen molar-refractivity contribution in [3.05, 3.63) is 12.2 Å². The Hall–Kier alpha value is -0.340. The quantitative estimate of drug-likeness (QED) is 0.444. The van der Waals surface area contributed by atoms with E-state index in [9.17, 15) is 5.11 Å². The van der Waals surface area contributed by atoms with Crippen molar-refractivity contribution in [2.75, 3.05) is 6.61 Å². The normalized spacial score (nSPS) is 13.6. The van der Waals surface area contributed by atoms with Gasteiger partial charge in [-0.3, -0.25) is 0 Å². The molecule has 84 valence electrons. The maximum Gasteiger partial charge on any atom is 0.0574 e. The summed E-state index contributed by atoms with van der Waals surface area (Å²) in [6.45, 7) is 2.39. The topological polar surface area (TPSA) is 40.5 Å². The first kappa shape index (κ1) is 13.7. The highest BCUT2D eigenvalue weighted by molar-refractivity contribution is 4.83. The van der Waals surface area contributed by atoms with E-state index in [1.54, 1.807) is 0 Å². The number of rotatable bonds is 9. The molecule has 0 heterocycles. The van der Waals surface area contributed by atoms with E-state index in [1.807, 2.05) is 12.2 Å². The van der Waals surface area contributed by atoms with Gasteiger partial charge in [0.15, 0.2) is 0 Å². The van der Waals surface area contributed by atoms with Crippen molar-refractivity contribution in [3.63, 3.8) is 0 Å². The summed E-state index contributed by atoms with van der Waals surface area (Å²) < 4.78 is 0. The number of aliphatic hydroxyl groups excluding tert-OH is 2. The van der Waals surface area contributed by atoms with E-state index >= 15 is 0 Å². The number of unbranched alkanes of at least 4 members (excludes halogenated alkanes) is 3. The van der Waals surface area contributed by atoms with Gasteiger partial charge in [0.2, 0.25) is 0 Å². The molecule has 2 N–H and O–H groups in total. The predicted molar refractivity (Wildman–Crippen MR) is 60.2 cm³/mol. The van der Waals surface area contributed by atoms with Crippen molar-refractivity contribution in [3.8, 4) is 0 Å². The van der Waals surface area contributed by atoms with Gasteiger partial charge in [0.05, 0.1) is 6.10 Å². The maximum absolute atomic E-state index is 9.53. The molecule has 1 unspecified atom stereocenters. The molecule has 1 atom stereocenters. The van der Waals surface area contributed by atoms with Crippen LogP contribution >= 0.6 is 0 Å². The van der Waals surface area contributed by atoms with Crippen molar-refractivity contribution in [2.45, 2.75) is 58.0 Å². The lowest BCUT2D eigenvalue weighted by molar-refractivity contribution is 0.163. The van der Waals surface area contributed by atoms with Crippen LogP contribution in [-0.2, 0) is 0 Å². The smallest absolute Gasteiger partial charge is 0.0574 e. The van der Waals surface area contributed by atoms with Crippen LogP contribution in [-0.4, -0.2) is 22.9 Å². The maximum atomic E-state index is 9.53. The van der Waals surface area contributed by atoms with Gasteiger partial charge in [0.1, 0.15) is 0 Å². The lowest BCUT2D eigenvalue weighted by Gasteiger charge is -2.06. The Morgan fingerprint density at radius 2 is 1.93 bits per heavy atom. The van der Waals surface area contributed by atoms with Crippen molar-refractivity contribution in [1.29, 1.82) is 0 Å². The van der Waals surface area contributed by atoms with E-state index in [0.717, 1.165) is 19.3 Å². The second-order valence-corrected chi connectivity index (χ2v) is 3.72. The van der Waals surface area contributed by atoms with Crippen LogP contribution in [0.25, 0.3) is 0 Å². The fourth-order valence-electron chi connectivity index (χ4n) is 1.37. The number of hydrogen-bond donors (Lipinski definition) is 2. The van der Waals surface area contributed by atoms with Crippen LogP contribution in [0.2, 0.25) is 0 Å². The molecule has 0 aliphatic rings. The molecule has 0 spiro atoms. The van der Waals surface area contributed by atoms with Crippen LogP contribution in [0.1, 0.15) is 51.9 Å². The third kappa shape index (κ3) is 9.75. The minimum atomic E-state index is -0.193. The summed E-state index contributed by atoms with van der Waals surface area (Å²) in [7, 11) is 0. The average molecular weight is 200 g/mol. The molecule has 0 aromatic rings. The zero-order valence-electron chi connectivity index (χ0n) is 9.28. The van der Waals surface area contributed by atoms with Crippen molar-refractivity contribution >= 4 is 0 Å². The fraction of sp³-hybridized carbons (Fsp3) is 0.833. The van der Waals surface area contributed by atoms with Gasteiger partial charge in [-0.2, -0.15) is 0 Å². The van der Waals surface area contributed by atoms with E-state index in [-0.39, 0.29) is 12.7 Å². The second-order valence-electron chi connectivity index (χ2n) is 3.72. The van der Waals surface area contributed by atoms with Gasteiger partial charge in [-0.15, -0.1) is 0 Å². The molecule has 0 saturated heterocycles. The molecule has 0 rings (SSSR count). The molecule has 0 amide bonds. The van der Waals surface area contributed by atoms with Crippen LogP contribution in [0.5, 0.6) is 0 Å². The third-order valence-corrected chi connectivity index (χ3v) is 2.26. The summed E-state index contributed by atoms with van der Waals surface area (Å²) in [4.78, 5) is 0.